The topological polar surface area (TPSA) is 93.1 Å². The van der Waals surface area contributed by atoms with Crippen LogP contribution in [0.25, 0.3) is 0 Å². The molecular weight excluding hydrogens is 366 g/mol. The summed E-state index contributed by atoms with van der Waals surface area (Å²) in [6, 6.07) is 0. The van der Waals surface area contributed by atoms with Crippen LogP contribution in [0.2, 0.25) is 0 Å². The lowest BCUT2D eigenvalue weighted by Gasteiger charge is -2.39. The summed E-state index contributed by atoms with van der Waals surface area (Å²) in [5.74, 6) is -27.7. The molecule has 0 heterocycles. The van der Waals surface area contributed by atoms with Gasteiger partial charge in [0.2, 0.25) is 0 Å². The Morgan fingerprint density at radius 1 is 0.880 bits per heavy atom. The van der Waals surface area contributed by atoms with Gasteiger partial charge in [-0.15, -0.1) is 0 Å². The Labute approximate surface area is 137 Å². The molecule has 0 amide bonds. The number of carbonyl (C=O) groups excluding carboxylic acids is 2. The van der Waals surface area contributed by atoms with Crippen molar-refractivity contribution in [1.29, 1.82) is 0 Å². The van der Waals surface area contributed by atoms with Crippen molar-refractivity contribution in [3.8, 4) is 0 Å². The Kier molecular flexibility index (Phi) is 6.45. The molecule has 0 radical (unpaired) electrons. The molecule has 12 heteroatoms. The number of aliphatic hydroxyl groups is 2. The molecule has 0 aromatic rings. The first-order valence-electron chi connectivity index (χ1n) is 6.21. The van der Waals surface area contributed by atoms with E-state index in [2.05, 4.69) is 22.6 Å². The van der Waals surface area contributed by atoms with E-state index in [-0.39, 0.29) is 0 Å². The first kappa shape index (κ1) is 22.9. The number of carbonyl (C=O) groups is 2. The fourth-order valence-electron chi connectivity index (χ4n) is 1.10. The van der Waals surface area contributed by atoms with E-state index in [0.29, 0.717) is 0 Å². The molecule has 0 spiro atoms. The average Bonchev–Trinajstić information content (AvgIpc) is 2.45. The second-order valence-electron chi connectivity index (χ2n) is 4.93. The van der Waals surface area contributed by atoms with Gasteiger partial charge in [0.25, 0.3) is 0 Å². The lowest BCUT2D eigenvalue weighted by Crippen LogP contribution is -2.68. The molecule has 0 aliphatic carbocycles. The van der Waals surface area contributed by atoms with Gasteiger partial charge in [0, 0.05) is 11.1 Å². The Balaban J connectivity index is 6.27. The number of hydrogen-bond acceptors (Lipinski definition) is 6. The van der Waals surface area contributed by atoms with Gasteiger partial charge in [-0.05, 0) is 13.8 Å². The van der Waals surface area contributed by atoms with E-state index in [1.165, 1.54) is 0 Å². The van der Waals surface area contributed by atoms with E-state index in [0.717, 1.165) is 13.8 Å². The van der Waals surface area contributed by atoms with E-state index in [4.69, 9.17) is 5.11 Å². The molecule has 0 atom stereocenters. The highest BCUT2D eigenvalue weighted by atomic mass is 19.3. The smallest absolute Gasteiger partial charge is 0.390 e. The SMILES string of the molecule is C=C(C)C(=O)OC(O)(OC(=O)C(=C)C)C(F)(F)C(F)(F)C(F)(F)CO. The van der Waals surface area contributed by atoms with Gasteiger partial charge >= 0.3 is 35.7 Å². The summed E-state index contributed by atoms with van der Waals surface area (Å²) in [5, 5.41) is 17.8. The minimum atomic E-state index is -6.51. The van der Waals surface area contributed by atoms with Gasteiger partial charge in [-0.2, -0.15) is 26.3 Å². The number of aliphatic hydroxyl groups excluding tert-OH is 1. The molecule has 0 unspecified atom stereocenters. The molecule has 0 bridgehead atoms. The van der Waals surface area contributed by atoms with Crippen LogP contribution in [0.3, 0.4) is 0 Å². The molecule has 6 nitrogen and oxygen atoms in total. The Bertz CT molecular complexity index is 558. The molecule has 0 aliphatic rings. The second kappa shape index (κ2) is 7.04. The maximum atomic E-state index is 14.0. The number of rotatable bonds is 8. The highest BCUT2D eigenvalue weighted by Crippen LogP contribution is 2.51. The number of hydrogen-bond donors (Lipinski definition) is 2. The molecule has 0 saturated heterocycles. The predicted molar refractivity (Wildman–Crippen MR) is 68.7 cm³/mol. The minimum Gasteiger partial charge on any atom is -0.390 e. The molecule has 0 aromatic carbocycles. The lowest BCUT2D eigenvalue weighted by atomic mass is 10.0. The van der Waals surface area contributed by atoms with Gasteiger partial charge in [-0.1, -0.05) is 13.2 Å². The van der Waals surface area contributed by atoms with Gasteiger partial charge < -0.3 is 19.7 Å². The van der Waals surface area contributed by atoms with Crippen molar-refractivity contribution >= 4 is 11.9 Å². The lowest BCUT2D eigenvalue weighted by molar-refractivity contribution is -0.462. The first-order chi connectivity index (χ1) is 11.0. The first-order valence-corrected chi connectivity index (χ1v) is 6.21. The molecule has 144 valence electrons. The summed E-state index contributed by atoms with van der Waals surface area (Å²) < 4.78 is 88.3. The zero-order valence-electron chi connectivity index (χ0n) is 12.9. The van der Waals surface area contributed by atoms with Gasteiger partial charge in [0.1, 0.15) is 6.61 Å². The average molecular weight is 380 g/mol. The van der Waals surface area contributed by atoms with Crippen LogP contribution in [0.5, 0.6) is 0 Å². The molecule has 25 heavy (non-hydrogen) atoms. The Hall–Kier alpha value is -2.08. The highest BCUT2D eigenvalue weighted by Gasteiger charge is 2.82. The predicted octanol–water partition coefficient (Wildman–Crippen LogP) is 1.77. The highest BCUT2D eigenvalue weighted by molar-refractivity contribution is 5.89. The zero-order valence-corrected chi connectivity index (χ0v) is 12.9. The number of alkyl halides is 6. The van der Waals surface area contributed by atoms with Gasteiger partial charge in [-0.3, -0.25) is 0 Å². The monoisotopic (exact) mass is 380 g/mol. The van der Waals surface area contributed by atoms with Crippen molar-refractivity contribution in [1.82, 2.24) is 0 Å². The van der Waals surface area contributed by atoms with Gasteiger partial charge in [-0.25, -0.2) is 9.59 Å². The molecule has 0 aromatic heterocycles. The summed E-state index contributed by atoms with van der Waals surface area (Å²) in [4.78, 5) is 22.6. The zero-order chi connectivity index (χ0) is 20.4. The van der Waals surface area contributed by atoms with E-state index >= 15 is 0 Å². The van der Waals surface area contributed by atoms with Crippen LogP contribution in [0.1, 0.15) is 13.8 Å². The van der Waals surface area contributed by atoms with E-state index in [1.807, 2.05) is 0 Å². The fourth-order valence-corrected chi connectivity index (χ4v) is 1.10. The summed E-state index contributed by atoms with van der Waals surface area (Å²) in [7, 11) is 0. The fraction of sp³-hybridized carbons (Fsp3) is 0.538. The minimum absolute atomic E-state index is 0.724. The number of esters is 2. The largest absolute Gasteiger partial charge is 0.448 e. The normalized spacial score (nSPS) is 13.2. The van der Waals surface area contributed by atoms with Crippen molar-refractivity contribution in [2.75, 3.05) is 6.61 Å². The number of halogens is 6. The van der Waals surface area contributed by atoms with Crippen molar-refractivity contribution in [3.05, 3.63) is 24.3 Å². The Morgan fingerprint density at radius 3 is 1.44 bits per heavy atom. The van der Waals surface area contributed by atoms with Crippen LogP contribution in [0.4, 0.5) is 26.3 Å². The van der Waals surface area contributed by atoms with Crippen molar-refractivity contribution < 1.29 is 55.6 Å². The molecule has 2 N–H and O–H groups in total. The third-order valence-corrected chi connectivity index (χ3v) is 2.61. The van der Waals surface area contributed by atoms with Crippen molar-refractivity contribution in [2.24, 2.45) is 0 Å². The maximum absolute atomic E-state index is 14.0. The van der Waals surface area contributed by atoms with Gasteiger partial charge in [0.15, 0.2) is 0 Å². The number of ether oxygens (including phenoxy) is 2. The molecule has 0 saturated carbocycles. The third kappa shape index (κ3) is 4.12. The molecule has 0 rings (SSSR count). The van der Waals surface area contributed by atoms with Crippen LogP contribution < -0.4 is 0 Å². The van der Waals surface area contributed by atoms with Crippen LogP contribution in [-0.4, -0.2) is 52.5 Å². The van der Waals surface area contributed by atoms with Crippen LogP contribution in [0.15, 0.2) is 24.3 Å². The standard InChI is InChI=1S/C13H14F6O6/c1-6(2)8(21)24-13(23,25-9(22)7(3)4)12(18,19)11(16,17)10(14,15)5-20/h20,23H,1,3,5H2,2,4H3. The summed E-state index contributed by atoms with van der Waals surface area (Å²) in [6.07, 6.45) is 0. The Morgan fingerprint density at radius 2 is 1.20 bits per heavy atom. The van der Waals surface area contributed by atoms with E-state index in [1.54, 1.807) is 0 Å². The maximum Gasteiger partial charge on any atom is 0.448 e. The van der Waals surface area contributed by atoms with Crippen LogP contribution >= 0.6 is 0 Å². The van der Waals surface area contributed by atoms with Crippen molar-refractivity contribution in [2.45, 2.75) is 37.6 Å². The van der Waals surface area contributed by atoms with Gasteiger partial charge in [0.05, 0.1) is 0 Å². The molecule has 0 aliphatic heterocycles. The summed E-state index contributed by atoms with van der Waals surface area (Å²) >= 11 is 0. The quantitative estimate of drug-likeness (QED) is 0.289. The van der Waals surface area contributed by atoms with Crippen molar-refractivity contribution in [3.63, 3.8) is 0 Å². The summed E-state index contributed by atoms with van der Waals surface area (Å²) in [5.41, 5.74) is -1.45. The van der Waals surface area contributed by atoms with E-state index in [9.17, 15) is 41.0 Å². The van der Waals surface area contributed by atoms with E-state index < -0.39 is 53.4 Å². The molecule has 0 fully saturated rings. The molecular formula is C13H14F6O6. The van der Waals surface area contributed by atoms with Crippen LogP contribution in [-0.2, 0) is 19.1 Å². The summed E-state index contributed by atoms with van der Waals surface area (Å²) in [6.45, 7) is 4.71. The third-order valence-electron chi connectivity index (χ3n) is 2.61. The second-order valence-corrected chi connectivity index (χ2v) is 4.93. The van der Waals surface area contributed by atoms with Crippen LogP contribution in [0, 0.1) is 0 Å².